The molecular weight excluding hydrogens is 685 g/mol. The van der Waals surface area contributed by atoms with Crippen LogP contribution < -0.4 is 0 Å². The van der Waals surface area contributed by atoms with Crippen molar-refractivity contribution in [2.75, 3.05) is 0 Å². The van der Waals surface area contributed by atoms with Crippen molar-refractivity contribution in [3.05, 3.63) is 170 Å². The Labute approximate surface area is 319 Å². The molecule has 0 spiro atoms. The van der Waals surface area contributed by atoms with Crippen molar-refractivity contribution in [3.63, 3.8) is 0 Å². The predicted octanol–water partition coefficient (Wildman–Crippen LogP) is 13.3. The van der Waals surface area contributed by atoms with Crippen LogP contribution in [0.5, 0.6) is 0 Å². The Morgan fingerprint density at radius 2 is 0.982 bits per heavy atom. The van der Waals surface area contributed by atoms with Crippen LogP contribution in [-0.4, -0.2) is 19.5 Å². The molecule has 13 rings (SSSR count). The van der Waals surface area contributed by atoms with Crippen molar-refractivity contribution in [3.8, 4) is 51.0 Å². The number of para-hydroxylation sites is 1. The highest BCUT2D eigenvalue weighted by Gasteiger charge is 2.30. The SMILES string of the molecule is c1ccc(-c2nc(-c3ccc4c(c3)oc3ccccc34)nc(-n3c4ccc5c6c4c4c7c(cccc7c(-c7ccccc7)c-6c6ccccc65)ccc43)n2)cc1. The third-order valence-electron chi connectivity index (χ3n) is 11.7. The van der Waals surface area contributed by atoms with Crippen LogP contribution in [0.1, 0.15) is 0 Å². The molecule has 3 heterocycles. The number of benzene rings is 8. The maximum Gasteiger partial charge on any atom is 0.238 e. The van der Waals surface area contributed by atoms with Gasteiger partial charge >= 0.3 is 0 Å². The molecule has 0 N–H and O–H groups in total. The second kappa shape index (κ2) is 11.0. The van der Waals surface area contributed by atoms with Gasteiger partial charge in [-0.2, -0.15) is 9.97 Å². The van der Waals surface area contributed by atoms with E-state index in [1.54, 1.807) is 0 Å². The average Bonchev–Trinajstić information content (AvgIpc) is 3.89. The zero-order valence-corrected chi connectivity index (χ0v) is 29.9. The number of rotatable bonds is 4. The molecule has 2 aliphatic rings. The topological polar surface area (TPSA) is 56.7 Å². The minimum atomic E-state index is 0.570. The minimum absolute atomic E-state index is 0.570. The first-order valence-electron chi connectivity index (χ1n) is 19.0. The van der Waals surface area contributed by atoms with Gasteiger partial charge < -0.3 is 4.42 Å². The van der Waals surface area contributed by atoms with E-state index in [0.717, 1.165) is 44.1 Å². The zero-order valence-electron chi connectivity index (χ0n) is 29.9. The van der Waals surface area contributed by atoms with Gasteiger partial charge in [0.15, 0.2) is 11.6 Å². The molecule has 0 saturated carbocycles. The summed E-state index contributed by atoms with van der Waals surface area (Å²) in [5.74, 6) is 1.76. The van der Waals surface area contributed by atoms with Gasteiger partial charge in [0.25, 0.3) is 0 Å². The van der Waals surface area contributed by atoms with E-state index in [-0.39, 0.29) is 0 Å². The van der Waals surface area contributed by atoms with Crippen molar-refractivity contribution in [2.45, 2.75) is 0 Å². The van der Waals surface area contributed by atoms with E-state index in [9.17, 15) is 0 Å². The Balaban J connectivity index is 1.18. The lowest BCUT2D eigenvalue weighted by atomic mass is 9.92. The zero-order chi connectivity index (χ0) is 36.5. The van der Waals surface area contributed by atoms with Crippen LogP contribution in [0.3, 0.4) is 0 Å². The fraction of sp³-hybridized carbons (Fsp3) is 0. The lowest BCUT2D eigenvalue weighted by Gasteiger charge is -2.13. The molecule has 2 aliphatic carbocycles. The Morgan fingerprint density at radius 3 is 1.82 bits per heavy atom. The first-order chi connectivity index (χ1) is 27.8. The maximum absolute atomic E-state index is 6.33. The highest BCUT2D eigenvalue weighted by atomic mass is 16.3. The van der Waals surface area contributed by atoms with Crippen molar-refractivity contribution < 1.29 is 4.42 Å². The van der Waals surface area contributed by atoms with Crippen LogP contribution in [0.25, 0.3) is 127 Å². The van der Waals surface area contributed by atoms with Crippen LogP contribution in [0, 0.1) is 0 Å². The molecule has 0 saturated heterocycles. The third-order valence-corrected chi connectivity index (χ3v) is 11.7. The highest BCUT2D eigenvalue weighted by Crippen LogP contribution is 2.55. The van der Waals surface area contributed by atoms with Gasteiger partial charge in [0.05, 0.1) is 11.0 Å². The van der Waals surface area contributed by atoms with Crippen LogP contribution >= 0.6 is 0 Å². The van der Waals surface area contributed by atoms with Gasteiger partial charge in [-0.3, -0.25) is 4.57 Å². The quantitative estimate of drug-likeness (QED) is 0.182. The van der Waals surface area contributed by atoms with Gasteiger partial charge in [-0.1, -0.05) is 140 Å². The Kier molecular flexibility index (Phi) is 5.83. The number of hydrogen-bond acceptors (Lipinski definition) is 4. The van der Waals surface area contributed by atoms with Crippen LogP contribution in [0.15, 0.2) is 174 Å². The summed E-state index contributed by atoms with van der Waals surface area (Å²) in [4.78, 5) is 15.7. The molecule has 11 aromatic rings. The lowest BCUT2D eigenvalue weighted by molar-refractivity contribution is 0.669. The summed E-state index contributed by atoms with van der Waals surface area (Å²) in [7, 11) is 0. The second-order valence-electron chi connectivity index (χ2n) is 14.7. The van der Waals surface area contributed by atoms with E-state index >= 15 is 0 Å². The molecule has 3 aromatic heterocycles. The minimum Gasteiger partial charge on any atom is -0.456 e. The highest BCUT2D eigenvalue weighted by molar-refractivity contribution is 6.39. The normalized spacial score (nSPS) is 12.3. The molecule has 0 fully saturated rings. The molecule has 0 unspecified atom stereocenters. The summed E-state index contributed by atoms with van der Waals surface area (Å²) in [6.45, 7) is 0. The molecular formula is C51H28N4O. The molecule has 56 heavy (non-hydrogen) atoms. The van der Waals surface area contributed by atoms with Crippen LogP contribution in [-0.2, 0) is 0 Å². The first-order valence-corrected chi connectivity index (χ1v) is 19.0. The maximum atomic E-state index is 6.33. The molecule has 5 heteroatoms. The largest absolute Gasteiger partial charge is 0.456 e. The molecule has 0 radical (unpaired) electrons. The number of fused-ring (bicyclic) bond motifs is 6. The lowest BCUT2D eigenvalue weighted by Crippen LogP contribution is -2.06. The Morgan fingerprint density at radius 1 is 0.357 bits per heavy atom. The predicted molar refractivity (Wildman–Crippen MR) is 229 cm³/mol. The van der Waals surface area contributed by atoms with E-state index < -0.39 is 0 Å². The van der Waals surface area contributed by atoms with Crippen LogP contribution in [0.4, 0.5) is 0 Å². The molecule has 0 bridgehead atoms. The van der Waals surface area contributed by atoms with E-state index in [2.05, 4.69) is 138 Å². The van der Waals surface area contributed by atoms with Gasteiger partial charge in [0.2, 0.25) is 5.95 Å². The van der Waals surface area contributed by atoms with Gasteiger partial charge in [0, 0.05) is 38.2 Å². The molecule has 8 aromatic carbocycles. The molecule has 0 aliphatic heterocycles. The summed E-state index contributed by atoms with van der Waals surface area (Å²) >= 11 is 0. The molecule has 0 amide bonds. The first kappa shape index (κ1) is 29.8. The fourth-order valence-electron chi connectivity index (χ4n) is 9.42. The average molecular weight is 713 g/mol. The number of nitrogens with zero attached hydrogens (tertiary/aromatic N) is 4. The van der Waals surface area contributed by atoms with Crippen molar-refractivity contribution in [1.82, 2.24) is 19.5 Å². The van der Waals surface area contributed by atoms with E-state index in [1.807, 2.05) is 36.4 Å². The van der Waals surface area contributed by atoms with E-state index in [4.69, 9.17) is 19.4 Å². The standard InChI is InChI=1S/C51H28N4O/c1-3-12-29(13-4-1)43-38-20-11-16-30-23-26-39-47(44(30)38)48-40(27-25-37-33-17-7-8-19-36(33)45(43)46(37)48)55(39)51-53-49(31-14-5-2-6-15-31)52-50(54-51)32-22-24-35-34-18-9-10-21-41(34)56-42(35)28-32/h1-28H. The number of aromatic nitrogens is 4. The van der Waals surface area contributed by atoms with Crippen molar-refractivity contribution >= 4 is 76.1 Å². The summed E-state index contributed by atoms with van der Waals surface area (Å²) < 4.78 is 8.59. The van der Waals surface area contributed by atoms with Crippen LogP contribution in [0.2, 0.25) is 0 Å². The summed E-state index contributed by atoms with van der Waals surface area (Å²) in [5.41, 5.74) is 10.6. The van der Waals surface area contributed by atoms with Gasteiger partial charge in [-0.25, -0.2) is 4.98 Å². The Hall–Kier alpha value is -7.63. The smallest absolute Gasteiger partial charge is 0.238 e. The monoisotopic (exact) mass is 712 g/mol. The molecule has 5 nitrogen and oxygen atoms in total. The fourth-order valence-corrected chi connectivity index (χ4v) is 9.42. The summed E-state index contributed by atoms with van der Waals surface area (Å²) in [6.07, 6.45) is 0. The van der Waals surface area contributed by atoms with E-state index in [1.165, 1.54) is 65.3 Å². The number of furan rings is 1. The Bertz CT molecular complexity index is 3640. The van der Waals surface area contributed by atoms with E-state index in [0.29, 0.717) is 17.6 Å². The number of hydrogen-bond donors (Lipinski definition) is 0. The third kappa shape index (κ3) is 3.95. The van der Waals surface area contributed by atoms with Crippen molar-refractivity contribution in [2.24, 2.45) is 0 Å². The molecule has 0 atom stereocenters. The second-order valence-corrected chi connectivity index (χ2v) is 14.7. The summed E-state index contributed by atoms with van der Waals surface area (Å²) in [5, 5.41) is 12.0. The van der Waals surface area contributed by atoms with Gasteiger partial charge in [-0.15, -0.1) is 0 Å². The molecule has 258 valence electrons. The summed E-state index contributed by atoms with van der Waals surface area (Å²) in [6, 6.07) is 60.1. The van der Waals surface area contributed by atoms with Gasteiger partial charge in [-0.05, 0) is 79.3 Å². The van der Waals surface area contributed by atoms with Gasteiger partial charge in [0.1, 0.15) is 11.2 Å². The van der Waals surface area contributed by atoms with Crippen molar-refractivity contribution in [1.29, 1.82) is 0 Å².